The van der Waals surface area contributed by atoms with Gasteiger partial charge in [0, 0.05) is 12.1 Å². The first-order valence-corrected chi connectivity index (χ1v) is 6.56. The number of ether oxygens (including phenoxy) is 1. The van der Waals surface area contributed by atoms with Crippen LogP contribution in [0.25, 0.3) is 0 Å². The fourth-order valence-corrected chi connectivity index (χ4v) is 1.75. The van der Waals surface area contributed by atoms with Crippen LogP contribution in [0.1, 0.15) is 27.6 Å². The average Bonchev–Trinajstić information content (AvgIpc) is 2.50. The van der Waals surface area contributed by atoms with E-state index >= 15 is 0 Å². The third-order valence-electron chi connectivity index (χ3n) is 2.81. The molecule has 2 rings (SSSR count). The van der Waals surface area contributed by atoms with Gasteiger partial charge in [-0.3, -0.25) is 4.79 Å². The van der Waals surface area contributed by atoms with E-state index in [1.54, 1.807) is 6.92 Å². The number of carbonyl (C=O) groups excluding carboxylic acids is 2. The zero-order chi connectivity index (χ0) is 16.1. The maximum Gasteiger partial charge on any atom is 0.346 e. The van der Waals surface area contributed by atoms with Crippen LogP contribution in [0.4, 0.5) is 8.78 Å². The molecule has 6 heteroatoms. The van der Waals surface area contributed by atoms with E-state index < -0.39 is 23.2 Å². The summed E-state index contributed by atoms with van der Waals surface area (Å²) in [5, 5.41) is 2.62. The van der Waals surface area contributed by atoms with Gasteiger partial charge in [0.05, 0.1) is 5.56 Å². The van der Waals surface area contributed by atoms with Gasteiger partial charge in [-0.1, -0.05) is 0 Å². The number of halogens is 2. The summed E-state index contributed by atoms with van der Waals surface area (Å²) in [5.41, 5.74) is -0.0913. The van der Waals surface area contributed by atoms with Gasteiger partial charge in [-0.15, -0.1) is 0 Å². The highest BCUT2D eigenvalue weighted by Gasteiger charge is 2.15. The maximum atomic E-state index is 13.5. The van der Waals surface area contributed by atoms with E-state index in [0.29, 0.717) is 12.1 Å². The average molecular weight is 305 g/mol. The van der Waals surface area contributed by atoms with Gasteiger partial charge < -0.3 is 10.1 Å². The largest absolute Gasteiger partial charge is 0.423 e. The first-order valence-electron chi connectivity index (χ1n) is 6.56. The summed E-state index contributed by atoms with van der Waals surface area (Å²) in [6.07, 6.45) is 0. The molecule has 0 aromatic heterocycles. The molecule has 0 unspecified atom stereocenters. The first-order chi connectivity index (χ1) is 10.5. The van der Waals surface area contributed by atoms with Crippen molar-refractivity contribution in [2.75, 3.05) is 6.54 Å². The topological polar surface area (TPSA) is 55.4 Å². The minimum Gasteiger partial charge on any atom is -0.423 e. The van der Waals surface area contributed by atoms with E-state index in [2.05, 4.69) is 5.32 Å². The van der Waals surface area contributed by atoms with Gasteiger partial charge in [0.2, 0.25) is 0 Å². The van der Waals surface area contributed by atoms with E-state index in [1.807, 2.05) is 0 Å². The van der Waals surface area contributed by atoms with E-state index in [1.165, 1.54) is 24.3 Å². The maximum absolute atomic E-state index is 13.5. The Balaban J connectivity index is 2.12. The molecule has 0 aliphatic rings. The second-order valence-electron chi connectivity index (χ2n) is 4.40. The molecule has 0 saturated heterocycles. The molecule has 0 aliphatic carbocycles. The molecule has 2 aromatic rings. The fourth-order valence-electron chi connectivity index (χ4n) is 1.75. The number of hydrogen-bond acceptors (Lipinski definition) is 3. The second-order valence-corrected chi connectivity index (χ2v) is 4.40. The van der Waals surface area contributed by atoms with Crippen molar-refractivity contribution in [1.82, 2.24) is 5.32 Å². The third-order valence-corrected chi connectivity index (χ3v) is 2.81. The molecule has 2 aromatic carbocycles. The predicted octanol–water partition coefficient (Wildman–Crippen LogP) is 2.93. The molecule has 0 heterocycles. The van der Waals surface area contributed by atoms with Crippen LogP contribution in [0.5, 0.6) is 5.75 Å². The number of esters is 1. The van der Waals surface area contributed by atoms with Crippen molar-refractivity contribution in [1.29, 1.82) is 0 Å². The lowest BCUT2D eigenvalue weighted by molar-refractivity contribution is 0.0729. The van der Waals surface area contributed by atoms with Crippen molar-refractivity contribution < 1.29 is 23.1 Å². The van der Waals surface area contributed by atoms with Crippen molar-refractivity contribution >= 4 is 11.9 Å². The van der Waals surface area contributed by atoms with Crippen molar-refractivity contribution in [3.05, 3.63) is 65.2 Å². The van der Waals surface area contributed by atoms with Crippen molar-refractivity contribution in [2.45, 2.75) is 6.92 Å². The van der Waals surface area contributed by atoms with Gasteiger partial charge >= 0.3 is 5.97 Å². The van der Waals surface area contributed by atoms with Crippen LogP contribution in [0.15, 0.2) is 42.5 Å². The van der Waals surface area contributed by atoms with Gasteiger partial charge in [0.25, 0.3) is 5.91 Å². The van der Waals surface area contributed by atoms with Crippen LogP contribution in [0, 0.1) is 11.6 Å². The number of rotatable bonds is 4. The van der Waals surface area contributed by atoms with E-state index in [-0.39, 0.29) is 11.7 Å². The molecule has 1 amide bonds. The van der Waals surface area contributed by atoms with Crippen LogP contribution in [0.3, 0.4) is 0 Å². The Kier molecular flexibility index (Phi) is 4.83. The smallest absolute Gasteiger partial charge is 0.346 e. The standard InChI is InChI=1S/C16H13F2NO3/c1-2-19-15(20)10-3-6-12(7-4-10)22-16(21)13-9-11(17)5-8-14(13)18/h3-9H,2H2,1H3,(H,19,20). The van der Waals surface area contributed by atoms with Gasteiger partial charge in [0.1, 0.15) is 17.4 Å². The van der Waals surface area contributed by atoms with Crippen LogP contribution < -0.4 is 10.1 Å². The second kappa shape index (κ2) is 6.80. The Labute approximate surface area is 125 Å². The van der Waals surface area contributed by atoms with Crippen LogP contribution >= 0.6 is 0 Å². The third kappa shape index (κ3) is 3.66. The molecule has 0 fully saturated rings. The normalized spacial score (nSPS) is 10.1. The lowest BCUT2D eigenvalue weighted by Crippen LogP contribution is -2.22. The Bertz CT molecular complexity index is 699. The highest BCUT2D eigenvalue weighted by molar-refractivity contribution is 5.94. The van der Waals surface area contributed by atoms with E-state index in [4.69, 9.17) is 4.74 Å². The lowest BCUT2D eigenvalue weighted by atomic mass is 10.2. The Morgan fingerprint density at radius 2 is 1.77 bits per heavy atom. The predicted molar refractivity (Wildman–Crippen MR) is 75.8 cm³/mol. The lowest BCUT2D eigenvalue weighted by Gasteiger charge is -2.06. The van der Waals surface area contributed by atoms with Gasteiger partial charge in [0.15, 0.2) is 0 Å². The summed E-state index contributed by atoms with van der Waals surface area (Å²) in [4.78, 5) is 23.4. The molecule has 0 atom stereocenters. The molecule has 1 N–H and O–H groups in total. The van der Waals surface area contributed by atoms with Crippen LogP contribution in [-0.4, -0.2) is 18.4 Å². The van der Waals surface area contributed by atoms with Gasteiger partial charge in [-0.2, -0.15) is 0 Å². The summed E-state index contributed by atoms with van der Waals surface area (Å²) >= 11 is 0. The van der Waals surface area contributed by atoms with Gasteiger partial charge in [-0.25, -0.2) is 13.6 Å². The highest BCUT2D eigenvalue weighted by Crippen LogP contribution is 2.16. The van der Waals surface area contributed by atoms with Crippen molar-refractivity contribution in [3.63, 3.8) is 0 Å². The number of benzene rings is 2. The molecule has 0 bridgehead atoms. The number of carbonyl (C=O) groups is 2. The SMILES string of the molecule is CCNC(=O)c1ccc(OC(=O)c2cc(F)ccc2F)cc1. The zero-order valence-electron chi connectivity index (χ0n) is 11.7. The molecule has 0 radical (unpaired) electrons. The van der Waals surface area contributed by atoms with E-state index in [9.17, 15) is 18.4 Å². The minimum absolute atomic E-state index is 0.127. The van der Waals surface area contributed by atoms with Gasteiger partial charge in [-0.05, 0) is 49.4 Å². The number of hydrogen-bond donors (Lipinski definition) is 1. The quantitative estimate of drug-likeness (QED) is 0.698. The summed E-state index contributed by atoms with van der Waals surface area (Å²) in [7, 11) is 0. The monoisotopic (exact) mass is 305 g/mol. The first kappa shape index (κ1) is 15.6. The van der Waals surface area contributed by atoms with Crippen LogP contribution in [-0.2, 0) is 0 Å². The summed E-state index contributed by atoms with van der Waals surface area (Å²) in [6.45, 7) is 2.29. The Hall–Kier alpha value is -2.76. The molecular formula is C16H13F2NO3. The summed E-state index contributed by atoms with van der Waals surface area (Å²) in [5.74, 6) is -2.74. The molecule has 4 nitrogen and oxygen atoms in total. The molecule has 22 heavy (non-hydrogen) atoms. The minimum atomic E-state index is -1.01. The Morgan fingerprint density at radius 1 is 1.09 bits per heavy atom. The molecule has 0 saturated carbocycles. The Morgan fingerprint density at radius 3 is 2.41 bits per heavy atom. The zero-order valence-corrected chi connectivity index (χ0v) is 11.7. The summed E-state index contributed by atoms with van der Waals surface area (Å²) < 4.78 is 31.5. The molecular weight excluding hydrogens is 292 g/mol. The van der Waals surface area contributed by atoms with E-state index in [0.717, 1.165) is 18.2 Å². The van der Waals surface area contributed by atoms with Crippen molar-refractivity contribution in [3.8, 4) is 5.75 Å². The molecule has 0 spiro atoms. The van der Waals surface area contributed by atoms with Crippen LogP contribution in [0.2, 0.25) is 0 Å². The number of amides is 1. The fraction of sp³-hybridized carbons (Fsp3) is 0.125. The number of nitrogens with one attached hydrogen (secondary N) is 1. The summed E-state index contributed by atoms with van der Waals surface area (Å²) in [6, 6.07) is 8.27. The molecule has 0 aliphatic heterocycles. The van der Waals surface area contributed by atoms with Crippen molar-refractivity contribution in [2.24, 2.45) is 0 Å². The highest BCUT2D eigenvalue weighted by atomic mass is 19.1. The molecule has 114 valence electrons.